The minimum absolute atomic E-state index is 0.00533. The van der Waals surface area contributed by atoms with Gasteiger partial charge < -0.3 is 9.64 Å². The van der Waals surface area contributed by atoms with Crippen LogP contribution in [0.3, 0.4) is 0 Å². The van der Waals surface area contributed by atoms with Gasteiger partial charge in [-0.15, -0.1) is 0 Å². The van der Waals surface area contributed by atoms with Crippen molar-refractivity contribution in [3.63, 3.8) is 0 Å². The highest BCUT2D eigenvalue weighted by molar-refractivity contribution is 5.89. The summed E-state index contributed by atoms with van der Waals surface area (Å²) in [5.74, 6) is 0.364. The molecule has 1 atom stereocenters. The number of nitrogens with zero attached hydrogens (tertiary/aromatic N) is 1. The van der Waals surface area contributed by atoms with Crippen molar-refractivity contribution in [2.75, 3.05) is 13.3 Å². The van der Waals surface area contributed by atoms with E-state index in [1.54, 1.807) is 0 Å². The molecule has 3 fully saturated rings. The van der Waals surface area contributed by atoms with Crippen molar-refractivity contribution in [3.8, 4) is 0 Å². The molecule has 3 aliphatic rings. The van der Waals surface area contributed by atoms with E-state index in [0.29, 0.717) is 11.9 Å². The number of amides is 1. The minimum Gasteiger partial charge on any atom is -0.375 e. The normalized spacial score (nSPS) is 32.2. The lowest BCUT2D eigenvalue weighted by atomic mass is 9.85. The predicted molar refractivity (Wildman–Crippen MR) is 78.3 cm³/mol. The Bertz CT molecular complexity index is 373. The van der Waals surface area contributed by atoms with Gasteiger partial charge in [-0.05, 0) is 38.5 Å². The third-order valence-corrected chi connectivity index (χ3v) is 5.91. The van der Waals surface area contributed by atoms with Gasteiger partial charge in [-0.25, -0.2) is 0 Å². The Morgan fingerprint density at radius 1 is 1.30 bits per heavy atom. The molecule has 1 saturated carbocycles. The number of rotatable bonds is 3. The van der Waals surface area contributed by atoms with Crippen molar-refractivity contribution in [1.29, 1.82) is 0 Å². The predicted octanol–water partition coefficient (Wildman–Crippen LogP) is 2.43. The zero-order chi connectivity index (χ0) is 14.2. The van der Waals surface area contributed by atoms with E-state index >= 15 is 0 Å². The Morgan fingerprint density at radius 3 is 2.65 bits per heavy atom. The van der Waals surface area contributed by atoms with Crippen molar-refractivity contribution in [1.82, 2.24) is 10.2 Å². The molecule has 1 amide bonds. The smallest absolute Gasteiger partial charge is 0.244 e. The van der Waals surface area contributed by atoms with Crippen LogP contribution in [0, 0.1) is 0 Å². The van der Waals surface area contributed by atoms with Gasteiger partial charge in [0.15, 0.2) is 0 Å². The van der Waals surface area contributed by atoms with Crippen LogP contribution in [0.4, 0.5) is 0 Å². The van der Waals surface area contributed by atoms with Crippen LogP contribution >= 0.6 is 0 Å². The number of nitrogens with one attached hydrogen (secondary N) is 1. The summed E-state index contributed by atoms with van der Waals surface area (Å²) in [5, 5.41) is 3.53. The Kier molecular flexibility index (Phi) is 3.80. The lowest BCUT2D eigenvalue weighted by Crippen LogP contribution is -2.51. The van der Waals surface area contributed by atoms with E-state index in [0.717, 1.165) is 51.8 Å². The van der Waals surface area contributed by atoms with E-state index in [2.05, 4.69) is 24.1 Å². The summed E-state index contributed by atoms with van der Waals surface area (Å²) in [6.07, 6.45) is 8.51. The maximum absolute atomic E-state index is 12.8. The summed E-state index contributed by atoms with van der Waals surface area (Å²) in [6.45, 7) is 5.94. The first-order valence-electron chi connectivity index (χ1n) is 8.35. The van der Waals surface area contributed by atoms with Gasteiger partial charge in [0.25, 0.3) is 0 Å². The molecule has 4 nitrogen and oxygen atoms in total. The average molecular weight is 280 g/mol. The molecular weight excluding hydrogens is 252 g/mol. The van der Waals surface area contributed by atoms with Crippen LogP contribution in [-0.2, 0) is 9.53 Å². The molecule has 0 aromatic carbocycles. The average Bonchev–Trinajstić information content (AvgIpc) is 3.09. The van der Waals surface area contributed by atoms with Crippen LogP contribution in [-0.4, -0.2) is 41.3 Å². The molecule has 1 unspecified atom stereocenters. The van der Waals surface area contributed by atoms with E-state index in [9.17, 15) is 4.79 Å². The van der Waals surface area contributed by atoms with Crippen LogP contribution in [0.1, 0.15) is 65.2 Å². The molecule has 2 aliphatic heterocycles. The fourth-order valence-corrected chi connectivity index (χ4v) is 4.33. The van der Waals surface area contributed by atoms with E-state index < -0.39 is 0 Å². The fraction of sp³-hybridized carbons (Fsp3) is 0.938. The second-order valence-corrected chi connectivity index (χ2v) is 6.78. The Morgan fingerprint density at radius 2 is 2.00 bits per heavy atom. The quantitative estimate of drug-likeness (QED) is 0.863. The molecule has 0 bridgehead atoms. The minimum atomic E-state index is -0.209. The molecule has 1 aliphatic carbocycles. The van der Waals surface area contributed by atoms with Gasteiger partial charge in [-0.1, -0.05) is 26.7 Å². The molecule has 0 aromatic heterocycles. The van der Waals surface area contributed by atoms with Crippen molar-refractivity contribution in [2.24, 2.45) is 0 Å². The third kappa shape index (κ3) is 2.17. The zero-order valence-electron chi connectivity index (χ0n) is 12.9. The van der Waals surface area contributed by atoms with Crippen LogP contribution in [0.25, 0.3) is 0 Å². The molecule has 1 N–H and O–H groups in total. The second-order valence-electron chi connectivity index (χ2n) is 6.78. The number of carbonyl (C=O) groups is 1. The number of hydrogen-bond donors (Lipinski definition) is 1. The summed E-state index contributed by atoms with van der Waals surface area (Å²) in [7, 11) is 0. The maximum Gasteiger partial charge on any atom is 0.244 e. The molecule has 0 aromatic rings. The summed E-state index contributed by atoms with van der Waals surface area (Å²) in [5.41, 5.74) is -0.214. The van der Waals surface area contributed by atoms with Crippen molar-refractivity contribution < 1.29 is 9.53 Å². The fourth-order valence-electron chi connectivity index (χ4n) is 4.33. The van der Waals surface area contributed by atoms with Crippen LogP contribution < -0.4 is 5.32 Å². The Hall–Kier alpha value is -0.610. The Labute approximate surface area is 122 Å². The molecule has 20 heavy (non-hydrogen) atoms. The van der Waals surface area contributed by atoms with E-state index in [1.807, 2.05) is 0 Å². The topological polar surface area (TPSA) is 41.6 Å². The summed E-state index contributed by atoms with van der Waals surface area (Å²) < 4.78 is 6.05. The highest BCUT2D eigenvalue weighted by Gasteiger charge is 2.51. The molecule has 2 heterocycles. The van der Waals surface area contributed by atoms with Gasteiger partial charge in [0.2, 0.25) is 5.91 Å². The molecular formula is C16H28N2O2. The monoisotopic (exact) mass is 280 g/mol. The van der Waals surface area contributed by atoms with E-state index in [-0.39, 0.29) is 11.1 Å². The zero-order valence-corrected chi connectivity index (χ0v) is 12.9. The number of hydrogen-bond acceptors (Lipinski definition) is 3. The second kappa shape index (κ2) is 5.30. The van der Waals surface area contributed by atoms with Crippen LogP contribution in [0.15, 0.2) is 0 Å². The molecule has 2 saturated heterocycles. The highest BCUT2D eigenvalue weighted by atomic mass is 16.5. The largest absolute Gasteiger partial charge is 0.375 e. The lowest BCUT2D eigenvalue weighted by Gasteiger charge is -2.43. The molecule has 3 rings (SSSR count). The summed E-state index contributed by atoms with van der Waals surface area (Å²) in [4.78, 5) is 15.0. The van der Waals surface area contributed by atoms with Gasteiger partial charge in [0, 0.05) is 12.6 Å². The van der Waals surface area contributed by atoms with Crippen molar-refractivity contribution >= 4 is 5.91 Å². The molecule has 0 radical (unpaired) electrons. The summed E-state index contributed by atoms with van der Waals surface area (Å²) in [6, 6.07) is 0.364. The van der Waals surface area contributed by atoms with Gasteiger partial charge in [-0.3, -0.25) is 10.1 Å². The first-order valence-corrected chi connectivity index (χ1v) is 8.35. The Balaban J connectivity index is 1.72. The molecule has 4 heteroatoms. The van der Waals surface area contributed by atoms with E-state index in [4.69, 9.17) is 4.74 Å². The van der Waals surface area contributed by atoms with Crippen molar-refractivity contribution in [3.05, 3.63) is 0 Å². The molecule has 114 valence electrons. The lowest BCUT2D eigenvalue weighted by molar-refractivity contribution is -0.143. The SMILES string of the molecule is CCC1(CC)CC(N2CNC3(CCCC3)C2=O)CCO1. The van der Waals surface area contributed by atoms with Gasteiger partial charge in [-0.2, -0.15) is 0 Å². The molecule has 1 spiro atoms. The van der Waals surface area contributed by atoms with Crippen LogP contribution in [0.2, 0.25) is 0 Å². The standard InChI is InChI=1S/C16H28N2O2/c1-3-15(4-2)11-13(7-10-20-15)18-12-17-16(14(18)19)8-5-6-9-16/h13,17H,3-12H2,1-2H3. The van der Waals surface area contributed by atoms with Crippen LogP contribution in [0.5, 0.6) is 0 Å². The van der Waals surface area contributed by atoms with Gasteiger partial charge in [0.1, 0.15) is 0 Å². The first kappa shape index (κ1) is 14.3. The van der Waals surface area contributed by atoms with Gasteiger partial charge >= 0.3 is 0 Å². The van der Waals surface area contributed by atoms with Gasteiger partial charge in [0.05, 0.1) is 17.8 Å². The van der Waals surface area contributed by atoms with E-state index in [1.165, 1.54) is 12.8 Å². The maximum atomic E-state index is 12.8. The van der Waals surface area contributed by atoms with Crippen molar-refractivity contribution in [2.45, 2.75) is 82.4 Å². The number of carbonyl (C=O) groups excluding carboxylic acids is 1. The third-order valence-electron chi connectivity index (χ3n) is 5.91. The summed E-state index contributed by atoms with van der Waals surface area (Å²) >= 11 is 0. The highest BCUT2D eigenvalue weighted by Crippen LogP contribution is 2.39. The number of ether oxygens (including phenoxy) is 1. The first-order chi connectivity index (χ1) is 9.65.